The summed E-state index contributed by atoms with van der Waals surface area (Å²) in [5.41, 5.74) is 2.48. The summed E-state index contributed by atoms with van der Waals surface area (Å²) < 4.78 is 16.5. The highest BCUT2D eigenvalue weighted by Crippen LogP contribution is 2.16. The number of hydrogen-bond acceptors (Lipinski definition) is 2. The van der Waals surface area contributed by atoms with Gasteiger partial charge in [0, 0.05) is 24.3 Å². The molecule has 26 heavy (non-hydrogen) atoms. The zero-order chi connectivity index (χ0) is 19.2. The fourth-order valence-corrected chi connectivity index (χ4v) is 5.33. The van der Waals surface area contributed by atoms with Crippen LogP contribution in [0.25, 0.3) is 11.1 Å². The second kappa shape index (κ2) is 9.04. The molecule has 0 atom stereocenters. The molecule has 0 unspecified atom stereocenters. The molecule has 2 heterocycles. The van der Waals surface area contributed by atoms with Crippen LogP contribution in [0.4, 0.5) is 0 Å². The normalized spacial score (nSPS) is 12.4. The average molecular weight is 391 g/mol. The summed E-state index contributed by atoms with van der Waals surface area (Å²) in [4.78, 5) is 0. The molecular formula is C20H34N2O2Si2+2. The lowest BCUT2D eigenvalue weighted by Crippen LogP contribution is -2.50. The second-order valence-corrected chi connectivity index (χ2v) is 16.7. The number of aromatic nitrogens is 2. The minimum atomic E-state index is -1.76. The lowest BCUT2D eigenvalue weighted by molar-refractivity contribution is -0.682. The molecule has 0 bridgehead atoms. The maximum Gasteiger partial charge on any atom is 0.258 e. The number of aryl methyl sites for hydroxylation is 1. The molecule has 0 aliphatic heterocycles. The summed E-state index contributed by atoms with van der Waals surface area (Å²) in [6.45, 7) is 12.7. The maximum atomic E-state index is 6.21. The zero-order valence-corrected chi connectivity index (χ0v) is 19.2. The minimum Gasteiger partial charge on any atom is -0.415 e. The van der Waals surface area contributed by atoms with Gasteiger partial charge in [-0.15, -0.1) is 0 Å². The van der Waals surface area contributed by atoms with Gasteiger partial charge in [-0.2, -0.15) is 0 Å². The summed E-state index contributed by atoms with van der Waals surface area (Å²) >= 11 is 0. The molecule has 2 aromatic heterocycles. The molecule has 0 N–H and O–H groups in total. The Morgan fingerprint density at radius 1 is 0.769 bits per heavy atom. The third-order valence-corrected chi connectivity index (χ3v) is 9.49. The predicted octanol–water partition coefficient (Wildman–Crippen LogP) is 3.47. The number of pyridine rings is 2. The van der Waals surface area contributed by atoms with E-state index in [2.05, 4.69) is 86.7 Å². The van der Waals surface area contributed by atoms with Crippen LogP contribution in [-0.2, 0) is 22.1 Å². The van der Waals surface area contributed by atoms with Gasteiger partial charge >= 0.3 is 0 Å². The van der Waals surface area contributed by atoms with Gasteiger partial charge < -0.3 is 8.85 Å². The molecule has 2 aromatic rings. The van der Waals surface area contributed by atoms with Gasteiger partial charge in [-0.25, -0.2) is 9.13 Å². The summed E-state index contributed by atoms with van der Waals surface area (Å²) in [5.74, 6) is 0. The third-order valence-electron chi connectivity index (χ3n) is 4.69. The van der Waals surface area contributed by atoms with Crippen molar-refractivity contribution in [3.8, 4) is 11.1 Å². The van der Waals surface area contributed by atoms with Crippen molar-refractivity contribution in [2.24, 2.45) is 7.05 Å². The van der Waals surface area contributed by atoms with Gasteiger partial charge in [-0.1, -0.05) is 6.92 Å². The quantitative estimate of drug-likeness (QED) is 0.372. The Balaban J connectivity index is 1.87. The molecule has 6 heteroatoms. The molecule has 0 saturated heterocycles. The molecule has 4 nitrogen and oxygen atoms in total. The zero-order valence-electron chi connectivity index (χ0n) is 17.2. The SMILES string of the molecule is CC[Si](C)(C)OCCO[Si](C)(C)C[n+]1ccc(-c2cc[n+](C)cc2)cc1. The van der Waals surface area contributed by atoms with E-state index in [4.69, 9.17) is 8.85 Å². The van der Waals surface area contributed by atoms with Crippen LogP contribution in [0.15, 0.2) is 49.1 Å². The Kier molecular flexibility index (Phi) is 7.28. The van der Waals surface area contributed by atoms with Crippen molar-refractivity contribution < 1.29 is 18.0 Å². The number of nitrogens with zero attached hydrogens (tertiary/aromatic N) is 2. The van der Waals surface area contributed by atoms with Gasteiger partial charge in [0.1, 0.15) is 7.05 Å². The fraction of sp³-hybridized carbons (Fsp3) is 0.500. The highest BCUT2D eigenvalue weighted by molar-refractivity contribution is 6.71. The van der Waals surface area contributed by atoms with Gasteiger partial charge in [0.2, 0.25) is 0 Å². The Bertz CT molecular complexity index is 686. The van der Waals surface area contributed by atoms with Crippen molar-refractivity contribution in [3.05, 3.63) is 49.1 Å². The first-order chi connectivity index (χ1) is 12.2. The first-order valence-electron chi connectivity index (χ1n) is 9.43. The van der Waals surface area contributed by atoms with Gasteiger partial charge in [0.15, 0.2) is 39.3 Å². The van der Waals surface area contributed by atoms with Gasteiger partial charge in [0.05, 0.1) is 13.2 Å². The molecular weight excluding hydrogens is 356 g/mol. The van der Waals surface area contributed by atoms with E-state index in [1.807, 2.05) is 11.6 Å². The van der Waals surface area contributed by atoms with Gasteiger partial charge in [-0.3, -0.25) is 0 Å². The van der Waals surface area contributed by atoms with E-state index in [0.29, 0.717) is 6.61 Å². The Hall–Kier alpha value is -1.35. The van der Waals surface area contributed by atoms with E-state index < -0.39 is 16.6 Å². The first kappa shape index (κ1) is 21.0. The standard InChI is InChI=1S/C20H34N2O2Si2/c1-7-25(3,4)23-16-17-24-26(5,6)18-22-14-10-20(11-15-22)19-8-12-21(2)13-9-19/h8-15H,7,16-18H2,1-6H3/q+2. The van der Waals surface area contributed by atoms with Crippen LogP contribution in [-0.4, -0.2) is 29.8 Å². The minimum absolute atomic E-state index is 0.704. The molecule has 0 spiro atoms. The van der Waals surface area contributed by atoms with E-state index in [-0.39, 0.29) is 0 Å². The molecule has 0 aliphatic carbocycles. The van der Waals surface area contributed by atoms with E-state index in [1.54, 1.807) is 0 Å². The molecule has 0 saturated carbocycles. The van der Waals surface area contributed by atoms with Gasteiger partial charge in [-0.05, 0) is 43.4 Å². The van der Waals surface area contributed by atoms with Crippen LogP contribution in [0.2, 0.25) is 32.2 Å². The average Bonchev–Trinajstić information content (AvgIpc) is 2.60. The van der Waals surface area contributed by atoms with Crippen molar-refractivity contribution in [1.29, 1.82) is 0 Å². The monoisotopic (exact) mass is 390 g/mol. The van der Waals surface area contributed by atoms with E-state index in [1.165, 1.54) is 11.1 Å². The van der Waals surface area contributed by atoms with E-state index >= 15 is 0 Å². The van der Waals surface area contributed by atoms with Crippen LogP contribution in [0.3, 0.4) is 0 Å². The second-order valence-electron chi connectivity index (χ2n) is 8.08. The largest absolute Gasteiger partial charge is 0.415 e. The third kappa shape index (κ3) is 6.76. The lowest BCUT2D eigenvalue weighted by Gasteiger charge is -2.23. The van der Waals surface area contributed by atoms with Crippen molar-refractivity contribution in [3.63, 3.8) is 0 Å². The summed E-state index contributed by atoms with van der Waals surface area (Å²) in [7, 11) is -1.19. The number of rotatable bonds is 9. The molecule has 0 aromatic carbocycles. The van der Waals surface area contributed by atoms with Gasteiger partial charge in [0.25, 0.3) is 8.32 Å². The van der Waals surface area contributed by atoms with Crippen LogP contribution in [0.1, 0.15) is 6.92 Å². The lowest BCUT2D eigenvalue weighted by atomic mass is 10.1. The Morgan fingerprint density at radius 3 is 1.73 bits per heavy atom. The van der Waals surface area contributed by atoms with Crippen LogP contribution < -0.4 is 9.13 Å². The molecule has 0 radical (unpaired) electrons. The summed E-state index contributed by atoms with van der Waals surface area (Å²) in [6, 6.07) is 9.79. The number of hydrogen-bond donors (Lipinski definition) is 0. The first-order valence-corrected chi connectivity index (χ1v) is 15.7. The molecule has 0 fully saturated rings. The molecule has 2 rings (SSSR count). The summed E-state index contributed by atoms with van der Waals surface area (Å²) in [6.07, 6.45) is 9.41. The highest BCUT2D eigenvalue weighted by atomic mass is 28.4. The Morgan fingerprint density at radius 2 is 1.23 bits per heavy atom. The van der Waals surface area contributed by atoms with E-state index in [0.717, 1.165) is 18.8 Å². The topological polar surface area (TPSA) is 26.2 Å². The predicted molar refractivity (Wildman–Crippen MR) is 111 cm³/mol. The van der Waals surface area contributed by atoms with Crippen molar-refractivity contribution in [2.45, 2.75) is 45.3 Å². The van der Waals surface area contributed by atoms with Crippen LogP contribution in [0.5, 0.6) is 0 Å². The highest BCUT2D eigenvalue weighted by Gasteiger charge is 2.28. The van der Waals surface area contributed by atoms with Crippen LogP contribution in [0, 0.1) is 0 Å². The van der Waals surface area contributed by atoms with Crippen LogP contribution >= 0.6 is 0 Å². The smallest absolute Gasteiger partial charge is 0.258 e. The Labute approximate surface area is 160 Å². The fourth-order valence-electron chi connectivity index (χ4n) is 2.67. The molecule has 0 aliphatic rings. The maximum absolute atomic E-state index is 6.21. The van der Waals surface area contributed by atoms with Crippen molar-refractivity contribution >= 4 is 16.6 Å². The summed E-state index contributed by atoms with van der Waals surface area (Å²) in [5, 5.41) is 0. The molecule has 0 amide bonds. The van der Waals surface area contributed by atoms with Crippen molar-refractivity contribution in [2.75, 3.05) is 13.2 Å². The van der Waals surface area contributed by atoms with E-state index in [9.17, 15) is 0 Å². The van der Waals surface area contributed by atoms with Crippen molar-refractivity contribution in [1.82, 2.24) is 0 Å². The molecule has 142 valence electrons.